The van der Waals surface area contributed by atoms with Gasteiger partial charge < -0.3 is 11.1 Å². The standard InChI is InChI=1S/C14H22N2S/c1-10(9-13(15)17)16-12-8-6-5-7-11(12)14(2,3)4/h5-8,10,16H,9H2,1-4H3,(H2,15,17). The van der Waals surface area contributed by atoms with E-state index in [2.05, 4.69) is 51.2 Å². The average Bonchev–Trinajstić information content (AvgIpc) is 2.15. The van der Waals surface area contributed by atoms with E-state index in [1.165, 1.54) is 11.3 Å². The number of thiocarbonyl (C=S) groups is 1. The van der Waals surface area contributed by atoms with Crippen LogP contribution in [-0.2, 0) is 5.41 Å². The van der Waals surface area contributed by atoms with Crippen molar-refractivity contribution in [3.63, 3.8) is 0 Å². The zero-order valence-electron chi connectivity index (χ0n) is 11.1. The molecule has 1 unspecified atom stereocenters. The van der Waals surface area contributed by atoms with Gasteiger partial charge in [0.2, 0.25) is 0 Å². The molecule has 94 valence electrons. The molecule has 1 atom stereocenters. The van der Waals surface area contributed by atoms with Crippen molar-refractivity contribution in [2.75, 3.05) is 5.32 Å². The average molecular weight is 250 g/mol. The molecule has 3 N–H and O–H groups in total. The predicted octanol–water partition coefficient (Wildman–Crippen LogP) is 3.46. The minimum absolute atomic E-state index is 0.131. The SMILES string of the molecule is CC(CC(N)=S)Nc1ccccc1C(C)(C)C. The van der Waals surface area contributed by atoms with Crippen molar-refractivity contribution in [3.05, 3.63) is 29.8 Å². The summed E-state index contributed by atoms with van der Waals surface area (Å²) in [7, 11) is 0. The van der Waals surface area contributed by atoms with Crippen LogP contribution < -0.4 is 11.1 Å². The van der Waals surface area contributed by atoms with Gasteiger partial charge >= 0.3 is 0 Å². The first-order chi connectivity index (χ1) is 7.80. The van der Waals surface area contributed by atoms with Crippen molar-refractivity contribution >= 4 is 22.9 Å². The van der Waals surface area contributed by atoms with Gasteiger partial charge in [-0.15, -0.1) is 0 Å². The fraction of sp³-hybridized carbons (Fsp3) is 0.500. The molecule has 17 heavy (non-hydrogen) atoms. The summed E-state index contributed by atoms with van der Waals surface area (Å²) in [5, 5.41) is 3.48. The normalized spacial score (nSPS) is 13.2. The van der Waals surface area contributed by atoms with Crippen LogP contribution in [0.5, 0.6) is 0 Å². The van der Waals surface area contributed by atoms with E-state index in [4.69, 9.17) is 18.0 Å². The van der Waals surface area contributed by atoms with Crippen LogP contribution in [0.25, 0.3) is 0 Å². The second-order valence-electron chi connectivity index (χ2n) is 5.51. The Bertz CT molecular complexity index is 393. The number of nitrogens with one attached hydrogen (secondary N) is 1. The number of hydrogen-bond acceptors (Lipinski definition) is 2. The Kier molecular flexibility index (Phi) is 4.52. The summed E-state index contributed by atoms with van der Waals surface area (Å²) in [4.78, 5) is 0.554. The molecule has 0 aliphatic carbocycles. The second kappa shape index (κ2) is 5.50. The minimum atomic E-state index is 0.131. The fourth-order valence-corrected chi connectivity index (χ4v) is 2.13. The number of anilines is 1. The quantitative estimate of drug-likeness (QED) is 0.804. The third kappa shape index (κ3) is 4.35. The molecule has 1 aromatic carbocycles. The highest BCUT2D eigenvalue weighted by Crippen LogP contribution is 2.29. The topological polar surface area (TPSA) is 38.0 Å². The molecule has 0 bridgehead atoms. The molecule has 1 rings (SSSR count). The van der Waals surface area contributed by atoms with E-state index in [-0.39, 0.29) is 11.5 Å². The van der Waals surface area contributed by atoms with Gasteiger partial charge in [-0.1, -0.05) is 51.2 Å². The molecule has 1 aromatic rings. The van der Waals surface area contributed by atoms with Gasteiger partial charge in [-0.25, -0.2) is 0 Å². The van der Waals surface area contributed by atoms with E-state index in [9.17, 15) is 0 Å². The summed E-state index contributed by atoms with van der Waals surface area (Å²) in [6.07, 6.45) is 0.716. The molecular weight excluding hydrogens is 228 g/mol. The maximum Gasteiger partial charge on any atom is 0.0747 e. The molecule has 3 heteroatoms. The molecule has 0 fully saturated rings. The Morgan fingerprint density at radius 3 is 2.47 bits per heavy atom. The predicted molar refractivity (Wildman–Crippen MR) is 79.6 cm³/mol. The number of nitrogens with two attached hydrogens (primary N) is 1. The van der Waals surface area contributed by atoms with Gasteiger partial charge in [0, 0.05) is 18.2 Å². The Morgan fingerprint density at radius 2 is 1.94 bits per heavy atom. The second-order valence-corrected chi connectivity index (χ2v) is 6.04. The van der Waals surface area contributed by atoms with E-state index in [1.807, 2.05) is 6.07 Å². The van der Waals surface area contributed by atoms with Crippen LogP contribution in [0.1, 0.15) is 39.7 Å². The van der Waals surface area contributed by atoms with Crippen LogP contribution >= 0.6 is 12.2 Å². The van der Waals surface area contributed by atoms with Crippen molar-refractivity contribution in [1.82, 2.24) is 0 Å². The highest BCUT2D eigenvalue weighted by atomic mass is 32.1. The van der Waals surface area contributed by atoms with Gasteiger partial charge in [-0.2, -0.15) is 0 Å². The third-order valence-electron chi connectivity index (χ3n) is 2.64. The molecule has 0 aliphatic rings. The van der Waals surface area contributed by atoms with Gasteiger partial charge in [0.15, 0.2) is 0 Å². The monoisotopic (exact) mass is 250 g/mol. The number of hydrogen-bond donors (Lipinski definition) is 2. The lowest BCUT2D eigenvalue weighted by molar-refractivity contribution is 0.590. The van der Waals surface area contributed by atoms with Crippen LogP contribution in [0.2, 0.25) is 0 Å². The van der Waals surface area contributed by atoms with E-state index >= 15 is 0 Å². The van der Waals surface area contributed by atoms with Crippen molar-refractivity contribution in [1.29, 1.82) is 0 Å². The summed E-state index contributed by atoms with van der Waals surface area (Å²) in [6.45, 7) is 8.74. The molecule has 0 saturated carbocycles. The van der Waals surface area contributed by atoms with Crippen molar-refractivity contribution in [2.45, 2.75) is 45.6 Å². The zero-order valence-corrected chi connectivity index (χ0v) is 11.9. The lowest BCUT2D eigenvalue weighted by Crippen LogP contribution is -2.24. The molecule has 0 spiro atoms. The molecule has 0 aliphatic heterocycles. The molecule has 0 saturated heterocycles. The number of benzene rings is 1. The maximum atomic E-state index is 5.56. The first-order valence-corrected chi connectivity index (χ1v) is 6.36. The zero-order chi connectivity index (χ0) is 13.1. The Morgan fingerprint density at radius 1 is 1.35 bits per heavy atom. The van der Waals surface area contributed by atoms with Crippen LogP contribution in [-0.4, -0.2) is 11.0 Å². The summed E-state index contributed by atoms with van der Waals surface area (Å²) < 4.78 is 0. The maximum absolute atomic E-state index is 5.56. The van der Waals surface area contributed by atoms with Crippen LogP contribution in [0, 0.1) is 0 Å². The Hall–Kier alpha value is -1.09. The molecule has 2 nitrogen and oxygen atoms in total. The molecule has 0 radical (unpaired) electrons. The van der Waals surface area contributed by atoms with Gasteiger partial charge in [-0.3, -0.25) is 0 Å². The van der Waals surface area contributed by atoms with Crippen molar-refractivity contribution in [2.24, 2.45) is 5.73 Å². The highest BCUT2D eigenvalue weighted by molar-refractivity contribution is 7.80. The molecule has 0 heterocycles. The summed E-state index contributed by atoms with van der Waals surface area (Å²) in [6, 6.07) is 8.65. The lowest BCUT2D eigenvalue weighted by Gasteiger charge is -2.25. The summed E-state index contributed by atoms with van der Waals surface area (Å²) in [5.74, 6) is 0. The van der Waals surface area contributed by atoms with Gasteiger partial charge in [-0.05, 0) is 24.0 Å². The van der Waals surface area contributed by atoms with Crippen LogP contribution in [0.4, 0.5) is 5.69 Å². The molecule has 0 aromatic heterocycles. The van der Waals surface area contributed by atoms with Crippen molar-refractivity contribution in [3.8, 4) is 0 Å². The fourth-order valence-electron chi connectivity index (χ4n) is 1.88. The van der Waals surface area contributed by atoms with E-state index in [0.29, 0.717) is 11.4 Å². The minimum Gasteiger partial charge on any atom is -0.393 e. The van der Waals surface area contributed by atoms with Crippen LogP contribution in [0.15, 0.2) is 24.3 Å². The van der Waals surface area contributed by atoms with E-state index in [1.54, 1.807) is 0 Å². The third-order valence-corrected chi connectivity index (χ3v) is 2.81. The van der Waals surface area contributed by atoms with Crippen molar-refractivity contribution < 1.29 is 0 Å². The first kappa shape index (κ1) is 14.0. The number of rotatable bonds is 4. The molecular formula is C14H22N2S. The lowest BCUT2D eigenvalue weighted by atomic mass is 9.85. The van der Waals surface area contributed by atoms with Gasteiger partial charge in [0.1, 0.15) is 0 Å². The van der Waals surface area contributed by atoms with Gasteiger partial charge in [0.05, 0.1) is 4.99 Å². The number of para-hydroxylation sites is 1. The first-order valence-electron chi connectivity index (χ1n) is 5.95. The molecule has 0 amide bonds. The van der Waals surface area contributed by atoms with Gasteiger partial charge in [0.25, 0.3) is 0 Å². The Labute approximate surface area is 110 Å². The largest absolute Gasteiger partial charge is 0.393 e. The summed E-state index contributed by atoms with van der Waals surface area (Å²) >= 11 is 4.93. The Balaban J connectivity index is 2.87. The van der Waals surface area contributed by atoms with E-state index < -0.39 is 0 Å². The summed E-state index contributed by atoms with van der Waals surface area (Å²) in [5.41, 5.74) is 8.18. The van der Waals surface area contributed by atoms with E-state index in [0.717, 1.165) is 0 Å². The van der Waals surface area contributed by atoms with Crippen LogP contribution in [0.3, 0.4) is 0 Å². The highest BCUT2D eigenvalue weighted by Gasteiger charge is 2.18. The smallest absolute Gasteiger partial charge is 0.0747 e.